The minimum Gasteiger partial charge on any atom is -0.312 e. The summed E-state index contributed by atoms with van der Waals surface area (Å²) in [6.07, 6.45) is 11.1. The molecule has 0 bridgehead atoms. The average Bonchev–Trinajstić information content (AvgIpc) is 2.88. The molecule has 1 aromatic rings. The van der Waals surface area contributed by atoms with E-state index in [1.165, 1.54) is 43.4 Å². The molecule has 1 aliphatic rings. The zero-order valence-corrected chi connectivity index (χ0v) is 11.5. The first kappa shape index (κ1) is 12.8. The quantitative estimate of drug-likeness (QED) is 0.541. The highest BCUT2D eigenvalue weighted by Gasteiger charge is 2.14. The lowest BCUT2D eigenvalue weighted by atomic mass is 10.2. The molecule has 2 heteroatoms. The largest absolute Gasteiger partial charge is 0.312 e. The number of aryl methyl sites for hydroxylation is 2. The highest BCUT2D eigenvalue weighted by molar-refractivity contribution is 7.12. The van der Waals surface area contributed by atoms with E-state index in [0.717, 1.165) is 19.5 Å². The van der Waals surface area contributed by atoms with E-state index in [2.05, 4.69) is 18.0 Å². The van der Waals surface area contributed by atoms with Crippen LogP contribution < -0.4 is 5.32 Å². The summed E-state index contributed by atoms with van der Waals surface area (Å²) in [6, 6.07) is 2.41. The summed E-state index contributed by atoms with van der Waals surface area (Å²) in [4.78, 5) is 3.17. The predicted molar refractivity (Wildman–Crippen MR) is 76.7 cm³/mol. The van der Waals surface area contributed by atoms with Crippen molar-refractivity contribution in [1.82, 2.24) is 5.32 Å². The first-order valence-corrected chi connectivity index (χ1v) is 7.64. The molecule has 0 aromatic carbocycles. The number of hydrogen-bond donors (Lipinski definition) is 1. The molecule has 0 aliphatic heterocycles. The Morgan fingerprint density at radius 2 is 2.24 bits per heavy atom. The molecule has 0 fully saturated rings. The zero-order valence-electron chi connectivity index (χ0n) is 10.6. The van der Waals surface area contributed by atoms with Crippen molar-refractivity contribution in [3.05, 3.63) is 34.0 Å². The van der Waals surface area contributed by atoms with Crippen LogP contribution in [0.5, 0.6) is 0 Å². The van der Waals surface area contributed by atoms with Gasteiger partial charge in [0.15, 0.2) is 0 Å². The van der Waals surface area contributed by atoms with Gasteiger partial charge in [-0.3, -0.25) is 0 Å². The van der Waals surface area contributed by atoms with E-state index in [1.54, 1.807) is 10.4 Å². The summed E-state index contributed by atoms with van der Waals surface area (Å²) >= 11 is 2.02. The Bertz CT molecular complexity index is 332. The Morgan fingerprint density at radius 3 is 3.06 bits per heavy atom. The van der Waals surface area contributed by atoms with Crippen LogP contribution in [0.3, 0.4) is 0 Å². The summed E-state index contributed by atoms with van der Waals surface area (Å²) in [6.45, 7) is 5.97. The van der Waals surface area contributed by atoms with Crippen molar-refractivity contribution >= 4 is 11.3 Å². The molecule has 94 valence electrons. The number of allylic oxidation sites excluding steroid dienone is 1. The first-order valence-electron chi connectivity index (χ1n) is 6.82. The Morgan fingerprint density at radius 1 is 1.29 bits per heavy atom. The van der Waals surface area contributed by atoms with Gasteiger partial charge in [-0.1, -0.05) is 12.5 Å². The van der Waals surface area contributed by atoms with E-state index in [0.29, 0.717) is 0 Å². The third-order valence-electron chi connectivity index (χ3n) is 3.36. The predicted octanol–water partition coefficient (Wildman–Crippen LogP) is 4.07. The van der Waals surface area contributed by atoms with Crippen LogP contribution in [0, 0.1) is 0 Å². The second-order valence-electron chi connectivity index (χ2n) is 4.83. The van der Waals surface area contributed by atoms with E-state index in [9.17, 15) is 0 Å². The van der Waals surface area contributed by atoms with Crippen LogP contribution >= 0.6 is 11.3 Å². The molecule has 1 N–H and O–H groups in total. The van der Waals surface area contributed by atoms with Gasteiger partial charge in [0, 0.05) is 16.3 Å². The fraction of sp³-hybridized carbons (Fsp3) is 0.600. The molecule has 0 spiro atoms. The van der Waals surface area contributed by atoms with E-state index < -0.39 is 0 Å². The van der Waals surface area contributed by atoms with Crippen LogP contribution in [0.15, 0.2) is 18.7 Å². The molecule has 0 radical (unpaired) electrons. The van der Waals surface area contributed by atoms with E-state index in [-0.39, 0.29) is 0 Å². The van der Waals surface area contributed by atoms with Crippen molar-refractivity contribution in [3.8, 4) is 0 Å². The maximum absolute atomic E-state index is 3.74. The van der Waals surface area contributed by atoms with E-state index >= 15 is 0 Å². The third kappa shape index (κ3) is 3.97. The maximum Gasteiger partial charge on any atom is 0.0299 e. The third-order valence-corrected chi connectivity index (χ3v) is 4.60. The molecule has 17 heavy (non-hydrogen) atoms. The highest BCUT2D eigenvalue weighted by Crippen LogP contribution is 2.30. The van der Waals surface area contributed by atoms with Crippen molar-refractivity contribution in [2.24, 2.45) is 0 Å². The second-order valence-corrected chi connectivity index (χ2v) is 6.05. The number of rotatable bonds is 8. The van der Waals surface area contributed by atoms with Crippen molar-refractivity contribution in [2.45, 2.75) is 51.5 Å². The fourth-order valence-corrected chi connectivity index (χ4v) is 3.64. The van der Waals surface area contributed by atoms with Crippen LogP contribution in [-0.4, -0.2) is 6.54 Å². The van der Waals surface area contributed by atoms with Gasteiger partial charge in [-0.15, -0.1) is 17.9 Å². The van der Waals surface area contributed by atoms with Gasteiger partial charge < -0.3 is 5.32 Å². The second kappa shape index (κ2) is 6.97. The van der Waals surface area contributed by atoms with Crippen molar-refractivity contribution in [1.29, 1.82) is 0 Å². The van der Waals surface area contributed by atoms with Crippen LogP contribution in [-0.2, 0) is 19.4 Å². The van der Waals surface area contributed by atoms with Crippen molar-refractivity contribution in [3.63, 3.8) is 0 Å². The van der Waals surface area contributed by atoms with Crippen molar-refractivity contribution in [2.75, 3.05) is 6.54 Å². The van der Waals surface area contributed by atoms with Gasteiger partial charge in [0.25, 0.3) is 0 Å². The maximum atomic E-state index is 3.74. The summed E-state index contributed by atoms with van der Waals surface area (Å²) in [5.74, 6) is 0. The van der Waals surface area contributed by atoms with Gasteiger partial charge >= 0.3 is 0 Å². The Kier molecular flexibility index (Phi) is 5.27. The summed E-state index contributed by atoms with van der Waals surface area (Å²) in [7, 11) is 0. The van der Waals surface area contributed by atoms with Gasteiger partial charge in [-0.25, -0.2) is 0 Å². The fourth-order valence-electron chi connectivity index (χ4n) is 2.40. The van der Waals surface area contributed by atoms with Crippen LogP contribution in [0.2, 0.25) is 0 Å². The summed E-state index contributed by atoms with van der Waals surface area (Å²) < 4.78 is 0. The Hall–Kier alpha value is -0.600. The van der Waals surface area contributed by atoms with E-state index in [1.807, 2.05) is 17.4 Å². The molecule has 0 amide bonds. The van der Waals surface area contributed by atoms with Gasteiger partial charge in [0.05, 0.1) is 0 Å². The molecular weight excluding hydrogens is 226 g/mol. The van der Waals surface area contributed by atoms with Gasteiger partial charge in [-0.05, 0) is 56.7 Å². The molecule has 0 atom stereocenters. The molecule has 0 unspecified atom stereocenters. The smallest absolute Gasteiger partial charge is 0.0299 e. The van der Waals surface area contributed by atoms with E-state index in [4.69, 9.17) is 0 Å². The lowest BCUT2D eigenvalue weighted by Crippen LogP contribution is -2.13. The topological polar surface area (TPSA) is 12.0 Å². The normalized spacial score (nSPS) is 13.9. The Balaban J connectivity index is 1.57. The summed E-state index contributed by atoms with van der Waals surface area (Å²) in [5, 5.41) is 3.55. The molecule has 1 heterocycles. The lowest BCUT2D eigenvalue weighted by Gasteiger charge is -2.02. The zero-order chi connectivity index (χ0) is 11.9. The molecule has 1 aromatic heterocycles. The highest BCUT2D eigenvalue weighted by atomic mass is 32.1. The summed E-state index contributed by atoms with van der Waals surface area (Å²) in [5.41, 5.74) is 1.62. The number of thiophene rings is 1. The Labute approximate surface area is 109 Å². The van der Waals surface area contributed by atoms with Crippen LogP contribution in [0.25, 0.3) is 0 Å². The van der Waals surface area contributed by atoms with Crippen LogP contribution in [0.4, 0.5) is 0 Å². The molecular formula is C15H23NS. The number of unbranched alkanes of at least 4 members (excludes halogenated alkanes) is 3. The first-order chi connectivity index (χ1) is 8.40. The number of nitrogens with one attached hydrogen (secondary N) is 1. The average molecular weight is 249 g/mol. The van der Waals surface area contributed by atoms with Gasteiger partial charge in [0.1, 0.15) is 0 Å². The number of fused-ring (bicyclic) bond motifs is 1. The minimum atomic E-state index is 1.07. The molecule has 0 saturated carbocycles. The van der Waals surface area contributed by atoms with Gasteiger partial charge in [0.2, 0.25) is 0 Å². The minimum absolute atomic E-state index is 1.07. The monoisotopic (exact) mass is 249 g/mol. The lowest BCUT2D eigenvalue weighted by molar-refractivity contribution is 0.609. The molecule has 1 aliphatic carbocycles. The number of hydrogen-bond acceptors (Lipinski definition) is 2. The standard InChI is InChI=1S/C15H23NS/c1-2-3-4-5-6-10-16-12-14-11-13-8-7-9-15(13)17-14/h2,11,16H,1,3-10,12H2. The van der Waals surface area contributed by atoms with Gasteiger partial charge in [-0.2, -0.15) is 0 Å². The van der Waals surface area contributed by atoms with Crippen molar-refractivity contribution < 1.29 is 0 Å². The molecule has 2 rings (SSSR count). The van der Waals surface area contributed by atoms with Crippen LogP contribution in [0.1, 0.15) is 47.4 Å². The molecule has 1 nitrogen and oxygen atoms in total. The molecule has 0 saturated heterocycles. The SMILES string of the molecule is C=CCCCCCNCc1cc2c(s1)CCC2.